The normalized spacial score (nSPS) is 23.0. The van der Waals surface area contributed by atoms with Gasteiger partial charge in [0.2, 0.25) is 0 Å². The number of fused-ring (bicyclic) bond motifs is 5. The first-order valence-corrected chi connectivity index (χ1v) is 8.04. The van der Waals surface area contributed by atoms with Gasteiger partial charge in [-0.25, -0.2) is 9.50 Å². The SMILES string of the molecule is O=c1cc(-c2cnc3cccnn23)cc2n1C[C@@H]1CNC[C@H]2C1. The number of rotatable bonds is 1. The number of nitrogens with one attached hydrogen (secondary N) is 1. The first-order chi connectivity index (χ1) is 11.3. The molecular formula is C17H17N5O. The average molecular weight is 307 g/mol. The van der Waals surface area contributed by atoms with Gasteiger partial charge in [0.1, 0.15) is 0 Å². The van der Waals surface area contributed by atoms with Crippen molar-refractivity contribution >= 4 is 5.65 Å². The Morgan fingerprint density at radius 2 is 2.22 bits per heavy atom. The highest BCUT2D eigenvalue weighted by atomic mass is 16.1. The summed E-state index contributed by atoms with van der Waals surface area (Å²) in [5.41, 5.74) is 3.78. The van der Waals surface area contributed by atoms with Gasteiger partial charge in [-0.3, -0.25) is 4.79 Å². The van der Waals surface area contributed by atoms with E-state index in [0.717, 1.165) is 42.2 Å². The second-order valence-corrected chi connectivity index (χ2v) is 6.51. The fourth-order valence-corrected chi connectivity index (χ4v) is 3.98. The van der Waals surface area contributed by atoms with Crippen molar-refractivity contribution in [3.05, 3.63) is 52.7 Å². The van der Waals surface area contributed by atoms with Gasteiger partial charge in [-0.05, 0) is 37.1 Å². The molecule has 2 bridgehead atoms. The summed E-state index contributed by atoms with van der Waals surface area (Å²) in [5, 5.41) is 7.84. The van der Waals surface area contributed by atoms with Gasteiger partial charge in [0.25, 0.3) is 5.56 Å². The standard InChI is InChI=1S/C17H17N5O/c23-17-6-12(15-9-19-16-2-1-3-20-22(15)16)5-14-13-4-11(7-18-8-13)10-21(14)17/h1-3,5-6,9,11,13,18H,4,7-8,10H2/t11-,13+/m0/s1. The van der Waals surface area contributed by atoms with Gasteiger partial charge in [-0.2, -0.15) is 5.10 Å². The van der Waals surface area contributed by atoms with Crippen LogP contribution in [0.5, 0.6) is 0 Å². The van der Waals surface area contributed by atoms with Crippen LogP contribution in [0.1, 0.15) is 18.0 Å². The van der Waals surface area contributed by atoms with E-state index in [1.54, 1.807) is 23.0 Å². The zero-order chi connectivity index (χ0) is 15.4. The van der Waals surface area contributed by atoms with Crippen LogP contribution in [0.2, 0.25) is 0 Å². The number of piperidine rings is 1. The molecule has 0 saturated carbocycles. The van der Waals surface area contributed by atoms with Crippen molar-refractivity contribution in [1.82, 2.24) is 24.5 Å². The number of imidazole rings is 1. The van der Waals surface area contributed by atoms with E-state index >= 15 is 0 Å². The third-order valence-corrected chi connectivity index (χ3v) is 5.03. The summed E-state index contributed by atoms with van der Waals surface area (Å²) in [4.78, 5) is 17.0. The molecular weight excluding hydrogens is 290 g/mol. The molecule has 6 nitrogen and oxygen atoms in total. The lowest BCUT2D eigenvalue weighted by Crippen LogP contribution is -2.44. The zero-order valence-electron chi connectivity index (χ0n) is 12.6. The lowest BCUT2D eigenvalue weighted by Gasteiger charge is -2.37. The van der Waals surface area contributed by atoms with Gasteiger partial charge in [-0.15, -0.1) is 0 Å². The van der Waals surface area contributed by atoms with E-state index in [4.69, 9.17) is 0 Å². The molecule has 2 aliphatic rings. The molecule has 116 valence electrons. The molecule has 0 radical (unpaired) electrons. The summed E-state index contributed by atoms with van der Waals surface area (Å²) >= 11 is 0. The topological polar surface area (TPSA) is 64.2 Å². The maximum atomic E-state index is 12.6. The average Bonchev–Trinajstić information content (AvgIpc) is 3.00. The molecule has 5 heterocycles. The van der Waals surface area contributed by atoms with Crippen LogP contribution in [0.25, 0.3) is 16.9 Å². The second-order valence-electron chi connectivity index (χ2n) is 6.51. The molecule has 1 saturated heterocycles. The van der Waals surface area contributed by atoms with E-state index < -0.39 is 0 Å². The number of hydrogen-bond donors (Lipinski definition) is 1. The van der Waals surface area contributed by atoms with Crippen molar-refractivity contribution in [3.8, 4) is 11.3 Å². The zero-order valence-corrected chi connectivity index (χ0v) is 12.6. The van der Waals surface area contributed by atoms with Crippen LogP contribution >= 0.6 is 0 Å². The number of nitrogens with zero attached hydrogens (tertiary/aromatic N) is 4. The maximum absolute atomic E-state index is 12.6. The molecule has 0 aromatic carbocycles. The van der Waals surface area contributed by atoms with E-state index in [9.17, 15) is 4.79 Å². The quantitative estimate of drug-likeness (QED) is 0.735. The van der Waals surface area contributed by atoms with Crippen molar-refractivity contribution in [1.29, 1.82) is 0 Å². The number of hydrogen-bond acceptors (Lipinski definition) is 4. The molecule has 5 rings (SSSR count). The Kier molecular flexibility index (Phi) is 2.69. The Morgan fingerprint density at radius 3 is 3.17 bits per heavy atom. The molecule has 2 atom stereocenters. The largest absolute Gasteiger partial charge is 0.316 e. The van der Waals surface area contributed by atoms with E-state index in [1.807, 2.05) is 16.7 Å². The minimum Gasteiger partial charge on any atom is -0.316 e. The van der Waals surface area contributed by atoms with Gasteiger partial charge < -0.3 is 9.88 Å². The van der Waals surface area contributed by atoms with Gasteiger partial charge in [0, 0.05) is 42.5 Å². The van der Waals surface area contributed by atoms with Gasteiger partial charge in [-0.1, -0.05) is 0 Å². The van der Waals surface area contributed by atoms with E-state index in [2.05, 4.69) is 21.5 Å². The summed E-state index contributed by atoms with van der Waals surface area (Å²) in [7, 11) is 0. The van der Waals surface area contributed by atoms with Crippen molar-refractivity contribution < 1.29 is 0 Å². The Balaban J connectivity index is 1.71. The van der Waals surface area contributed by atoms with E-state index in [0.29, 0.717) is 11.8 Å². The summed E-state index contributed by atoms with van der Waals surface area (Å²) in [6, 6.07) is 7.64. The molecule has 0 unspecified atom stereocenters. The van der Waals surface area contributed by atoms with Crippen LogP contribution in [0.3, 0.4) is 0 Å². The highest BCUT2D eigenvalue weighted by Crippen LogP contribution is 2.33. The van der Waals surface area contributed by atoms with Crippen molar-refractivity contribution in [2.75, 3.05) is 13.1 Å². The molecule has 23 heavy (non-hydrogen) atoms. The number of aromatic nitrogens is 4. The Labute approximate surface area is 132 Å². The van der Waals surface area contributed by atoms with Crippen LogP contribution < -0.4 is 10.9 Å². The molecule has 2 aliphatic heterocycles. The van der Waals surface area contributed by atoms with E-state index in [1.165, 1.54) is 6.42 Å². The van der Waals surface area contributed by atoms with Gasteiger partial charge in [0.05, 0.1) is 11.9 Å². The molecule has 0 amide bonds. The van der Waals surface area contributed by atoms with Crippen molar-refractivity contribution in [2.24, 2.45) is 5.92 Å². The monoisotopic (exact) mass is 307 g/mol. The fourth-order valence-electron chi connectivity index (χ4n) is 3.98. The molecule has 3 aromatic rings. The smallest absolute Gasteiger partial charge is 0.251 e. The van der Waals surface area contributed by atoms with Crippen LogP contribution in [-0.2, 0) is 6.54 Å². The molecule has 6 heteroatoms. The summed E-state index contributed by atoms with van der Waals surface area (Å²) in [6.07, 6.45) is 4.69. The molecule has 3 aromatic heterocycles. The Morgan fingerprint density at radius 1 is 1.26 bits per heavy atom. The van der Waals surface area contributed by atoms with Gasteiger partial charge >= 0.3 is 0 Å². The molecule has 1 N–H and O–H groups in total. The Bertz CT molecular complexity index is 957. The van der Waals surface area contributed by atoms with Crippen LogP contribution in [0, 0.1) is 5.92 Å². The van der Waals surface area contributed by atoms with Crippen LogP contribution in [0.4, 0.5) is 0 Å². The Hall–Kier alpha value is -2.47. The van der Waals surface area contributed by atoms with Crippen molar-refractivity contribution in [2.45, 2.75) is 18.9 Å². The summed E-state index contributed by atoms with van der Waals surface area (Å²) < 4.78 is 3.75. The van der Waals surface area contributed by atoms with Crippen molar-refractivity contribution in [3.63, 3.8) is 0 Å². The number of pyridine rings is 1. The highest BCUT2D eigenvalue weighted by molar-refractivity contribution is 5.63. The summed E-state index contributed by atoms with van der Waals surface area (Å²) in [6.45, 7) is 2.79. The molecule has 0 spiro atoms. The third-order valence-electron chi connectivity index (χ3n) is 5.03. The van der Waals surface area contributed by atoms with Gasteiger partial charge in [0.15, 0.2) is 5.65 Å². The maximum Gasteiger partial charge on any atom is 0.251 e. The minimum absolute atomic E-state index is 0.0833. The summed E-state index contributed by atoms with van der Waals surface area (Å²) in [5.74, 6) is 0.990. The minimum atomic E-state index is 0.0833. The lowest BCUT2D eigenvalue weighted by molar-refractivity contribution is 0.257. The van der Waals surface area contributed by atoms with Crippen LogP contribution in [-0.4, -0.2) is 32.3 Å². The van der Waals surface area contributed by atoms with E-state index in [-0.39, 0.29) is 5.56 Å². The molecule has 1 fully saturated rings. The first kappa shape index (κ1) is 13.0. The first-order valence-electron chi connectivity index (χ1n) is 8.04. The molecule has 0 aliphatic carbocycles. The lowest BCUT2D eigenvalue weighted by atomic mass is 9.84. The third kappa shape index (κ3) is 1.95. The predicted octanol–water partition coefficient (Wildman–Crippen LogP) is 1.26. The predicted molar refractivity (Wildman–Crippen MR) is 86.4 cm³/mol. The fraction of sp³-hybridized carbons (Fsp3) is 0.353. The second kappa shape index (κ2) is 4.76. The van der Waals surface area contributed by atoms with Crippen LogP contribution in [0.15, 0.2) is 41.5 Å². The highest BCUT2D eigenvalue weighted by Gasteiger charge is 2.31.